The lowest BCUT2D eigenvalue weighted by atomic mass is 9.97. The number of rotatable bonds is 3. The van der Waals surface area contributed by atoms with Crippen LogP contribution in [0.25, 0.3) is 0 Å². The van der Waals surface area contributed by atoms with Gasteiger partial charge < -0.3 is 14.6 Å². The van der Waals surface area contributed by atoms with Crippen LogP contribution in [0.4, 0.5) is 0 Å². The first-order valence-corrected chi connectivity index (χ1v) is 6.20. The van der Waals surface area contributed by atoms with Crippen molar-refractivity contribution in [1.82, 2.24) is 10.2 Å². The van der Waals surface area contributed by atoms with Crippen molar-refractivity contribution in [3.63, 3.8) is 0 Å². The normalized spacial score (nSPS) is 19.4. The number of aryl methyl sites for hydroxylation is 1. The van der Waals surface area contributed by atoms with Gasteiger partial charge in [0.1, 0.15) is 0 Å². The van der Waals surface area contributed by atoms with E-state index in [1.807, 2.05) is 24.9 Å². The van der Waals surface area contributed by atoms with Crippen molar-refractivity contribution in [2.45, 2.75) is 19.8 Å². The fraction of sp³-hybridized carbons (Fsp3) is 0.615. The summed E-state index contributed by atoms with van der Waals surface area (Å²) in [6, 6.07) is 1.84. The van der Waals surface area contributed by atoms with Crippen molar-refractivity contribution in [3.05, 3.63) is 23.7 Å². The summed E-state index contributed by atoms with van der Waals surface area (Å²) in [6.45, 7) is 4.56. The van der Waals surface area contributed by atoms with Crippen LogP contribution in [-0.4, -0.2) is 37.5 Å². The minimum Gasteiger partial charge on any atom is -0.459 e. The van der Waals surface area contributed by atoms with E-state index in [9.17, 15) is 4.79 Å². The molecule has 1 saturated heterocycles. The summed E-state index contributed by atoms with van der Waals surface area (Å²) in [5.41, 5.74) is 0.922. The minimum atomic E-state index is 0. The second-order valence-corrected chi connectivity index (χ2v) is 4.75. The van der Waals surface area contributed by atoms with Gasteiger partial charge in [0.25, 0.3) is 5.91 Å². The monoisotopic (exact) mass is 272 g/mol. The number of furan rings is 1. The van der Waals surface area contributed by atoms with Crippen LogP contribution in [0.1, 0.15) is 29.0 Å². The van der Waals surface area contributed by atoms with Gasteiger partial charge in [0.05, 0.1) is 6.26 Å². The Morgan fingerprint density at radius 3 is 3.00 bits per heavy atom. The molecule has 1 aromatic rings. The number of piperidine rings is 1. The maximum Gasteiger partial charge on any atom is 0.289 e. The molecule has 0 saturated carbocycles. The fourth-order valence-electron chi connectivity index (χ4n) is 2.44. The molecule has 102 valence electrons. The third-order valence-electron chi connectivity index (χ3n) is 3.36. The van der Waals surface area contributed by atoms with E-state index in [0.717, 1.165) is 31.6 Å². The Balaban J connectivity index is 0.00000162. The molecule has 0 bridgehead atoms. The molecule has 1 unspecified atom stereocenters. The second kappa shape index (κ2) is 6.81. The van der Waals surface area contributed by atoms with Crippen molar-refractivity contribution in [1.29, 1.82) is 0 Å². The number of nitrogens with zero attached hydrogens (tertiary/aromatic N) is 1. The molecule has 1 aliphatic rings. The summed E-state index contributed by atoms with van der Waals surface area (Å²) < 4.78 is 5.27. The lowest BCUT2D eigenvalue weighted by Crippen LogP contribution is -2.42. The van der Waals surface area contributed by atoms with E-state index in [1.165, 1.54) is 6.42 Å². The molecule has 1 amide bonds. The van der Waals surface area contributed by atoms with E-state index in [4.69, 9.17) is 4.42 Å². The predicted octanol–water partition coefficient (Wildman–Crippen LogP) is 2.08. The maximum atomic E-state index is 12.2. The molecule has 18 heavy (non-hydrogen) atoms. The summed E-state index contributed by atoms with van der Waals surface area (Å²) >= 11 is 0. The van der Waals surface area contributed by atoms with E-state index in [0.29, 0.717) is 11.7 Å². The first-order chi connectivity index (χ1) is 8.22. The van der Waals surface area contributed by atoms with Crippen LogP contribution in [0, 0.1) is 12.8 Å². The van der Waals surface area contributed by atoms with E-state index in [1.54, 1.807) is 6.26 Å². The summed E-state index contributed by atoms with van der Waals surface area (Å²) in [5.74, 6) is 1.09. The van der Waals surface area contributed by atoms with Crippen molar-refractivity contribution in [3.8, 4) is 0 Å². The lowest BCUT2D eigenvalue weighted by molar-refractivity contribution is 0.0641. The number of carbonyl (C=O) groups excluding carboxylic acids is 1. The first kappa shape index (κ1) is 15.1. The zero-order valence-electron chi connectivity index (χ0n) is 10.9. The number of hydrogen-bond donors (Lipinski definition) is 1. The molecular weight excluding hydrogens is 252 g/mol. The lowest BCUT2D eigenvalue weighted by Gasteiger charge is -2.32. The Bertz CT molecular complexity index is 390. The number of hydrogen-bond acceptors (Lipinski definition) is 3. The van der Waals surface area contributed by atoms with Gasteiger partial charge in [0, 0.05) is 18.7 Å². The van der Waals surface area contributed by atoms with Crippen molar-refractivity contribution in [2.75, 3.05) is 26.7 Å². The van der Waals surface area contributed by atoms with Crippen LogP contribution in [0.5, 0.6) is 0 Å². The molecule has 0 aliphatic carbocycles. The highest BCUT2D eigenvalue weighted by molar-refractivity contribution is 5.92. The van der Waals surface area contributed by atoms with Crippen LogP contribution in [-0.2, 0) is 0 Å². The third-order valence-corrected chi connectivity index (χ3v) is 3.36. The number of nitrogens with one attached hydrogen (secondary N) is 1. The van der Waals surface area contributed by atoms with Gasteiger partial charge in [-0.1, -0.05) is 0 Å². The summed E-state index contributed by atoms with van der Waals surface area (Å²) in [7, 11) is 1.96. The summed E-state index contributed by atoms with van der Waals surface area (Å²) in [5, 5.41) is 3.18. The molecule has 1 aliphatic heterocycles. The maximum absolute atomic E-state index is 12.2. The minimum absolute atomic E-state index is 0. The van der Waals surface area contributed by atoms with Gasteiger partial charge in [-0.3, -0.25) is 4.79 Å². The highest BCUT2D eigenvalue weighted by Gasteiger charge is 2.26. The Morgan fingerprint density at radius 1 is 1.61 bits per heavy atom. The zero-order chi connectivity index (χ0) is 12.3. The second-order valence-electron chi connectivity index (χ2n) is 4.75. The van der Waals surface area contributed by atoms with Crippen LogP contribution < -0.4 is 5.32 Å². The smallest absolute Gasteiger partial charge is 0.289 e. The van der Waals surface area contributed by atoms with Crippen molar-refractivity contribution >= 4 is 18.3 Å². The molecular formula is C13H21ClN2O2. The van der Waals surface area contributed by atoms with E-state index in [-0.39, 0.29) is 18.3 Å². The third kappa shape index (κ3) is 3.27. The van der Waals surface area contributed by atoms with Gasteiger partial charge in [-0.05, 0) is 45.3 Å². The standard InChI is InChI=1S/C13H20N2O2.ClH/c1-10-5-7-17-12(10)13(16)15-6-3-4-11(9-15)8-14-2;/h5,7,11,14H,3-4,6,8-9H2,1-2H3;1H. The molecule has 1 N–H and O–H groups in total. The highest BCUT2D eigenvalue weighted by Crippen LogP contribution is 2.19. The molecule has 0 aromatic carbocycles. The highest BCUT2D eigenvalue weighted by atomic mass is 35.5. The van der Waals surface area contributed by atoms with Crippen LogP contribution in [0.3, 0.4) is 0 Å². The Labute approximate surface area is 114 Å². The SMILES string of the molecule is CNCC1CCCN(C(=O)c2occc2C)C1.Cl. The van der Waals surface area contributed by atoms with Crippen LogP contribution in [0.2, 0.25) is 0 Å². The van der Waals surface area contributed by atoms with Gasteiger partial charge in [0.15, 0.2) is 5.76 Å². The largest absolute Gasteiger partial charge is 0.459 e. The Morgan fingerprint density at radius 2 is 2.39 bits per heavy atom. The molecule has 2 heterocycles. The Hall–Kier alpha value is -1.00. The summed E-state index contributed by atoms with van der Waals surface area (Å²) in [4.78, 5) is 14.2. The average molecular weight is 273 g/mol. The average Bonchev–Trinajstić information content (AvgIpc) is 2.75. The van der Waals surface area contributed by atoms with Gasteiger partial charge in [-0.25, -0.2) is 0 Å². The van der Waals surface area contributed by atoms with E-state index in [2.05, 4.69) is 5.32 Å². The molecule has 0 spiro atoms. The summed E-state index contributed by atoms with van der Waals surface area (Å²) in [6.07, 6.45) is 3.86. The van der Waals surface area contributed by atoms with Gasteiger partial charge in [0.2, 0.25) is 0 Å². The van der Waals surface area contributed by atoms with Gasteiger partial charge >= 0.3 is 0 Å². The Kier molecular flexibility index (Phi) is 5.69. The van der Waals surface area contributed by atoms with Crippen molar-refractivity contribution in [2.24, 2.45) is 5.92 Å². The molecule has 0 radical (unpaired) electrons. The van der Waals surface area contributed by atoms with E-state index < -0.39 is 0 Å². The molecule has 5 heteroatoms. The number of carbonyl (C=O) groups is 1. The van der Waals surface area contributed by atoms with E-state index >= 15 is 0 Å². The quantitative estimate of drug-likeness (QED) is 0.916. The van der Waals surface area contributed by atoms with Crippen LogP contribution >= 0.6 is 12.4 Å². The molecule has 1 aromatic heterocycles. The molecule has 1 atom stereocenters. The zero-order valence-corrected chi connectivity index (χ0v) is 11.8. The van der Waals surface area contributed by atoms with Gasteiger partial charge in [-0.2, -0.15) is 0 Å². The molecule has 1 fully saturated rings. The van der Waals surface area contributed by atoms with Crippen molar-refractivity contribution < 1.29 is 9.21 Å². The number of likely N-dealkylation sites (tertiary alicyclic amines) is 1. The van der Waals surface area contributed by atoms with Gasteiger partial charge in [-0.15, -0.1) is 12.4 Å². The topological polar surface area (TPSA) is 45.5 Å². The number of halogens is 1. The van der Waals surface area contributed by atoms with Crippen LogP contribution in [0.15, 0.2) is 16.7 Å². The molecule has 2 rings (SSSR count). The predicted molar refractivity (Wildman–Crippen MR) is 73.2 cm³/mol. The fourth-order valence-corrected chi connectivity index (χ4v) is 2.44. The molecule has 4 nitrogen and oxygen atoms in total. The number of amides is 1. The first-order valence-electron chi connectivity index (χ1n) is 6.20.